The van der Waals surface area contributed by atoms with E-state index in [0.717, 1.165) is 43.3 Å². The van der Waals surface area contributed by atoms with Crippen LogP contribution < -0.4 is 10.5 Å². The van der Waals surface area contributed by atoms with Gasteiger partial charge in [0.15, 0.2) is 0 Å². The summed E-state index contributed by atoms with van der Waals surface area (Å²) in [5.74, 6) is 0.887. The van der Waals surface area contributed by atoms with Crippen molar-refractivity contribution in [3.63, 3.8) is 0 Å². The van der Waals surface area contributed by atoms with Gasteiger partial charge in [-0.1, -0.05) is 0 Å². The van der Waals surface area contributed by atoms with Crippen LogP contribution in [0.1, 0.15) is 0 Å². The van der Waals surface area contributed by atoms with Crippen molar-refractivity contribution in [3.8, 4) is 28.3 Å². The number of nitrogens with two attached hydrogens (primary N) is 1. The molecule has 5 aromatic rings. The predicted octanol–water partition coefficient (Wildman–Crippen LogP) is 3.94. The first kappa shape index (κ1) is 18.6. The van der Waals surface area contributed by atoms with Crippen LogP contribution in [0.15, 0.2) is 47.3 Å². The molecule has 0 aliphatic heterocycles. The van der Waals surface area contributed by atoms with Crippen molar-refractivity contribution >= 4 is 43.8 Å². The smallest absolute Gasteiger partial charge is 0.240 e. The van der Waals surface area contributed by atoms with Gasteiger partial charge in [0, 0.05) is 64.6 Å². The minimum atomic E-state index is 0.119. The summed E-state index contributed by atoms with van der Waals surface area (Å²) in [6.45, 7) is 0. The van der Waals surface area contributed by atoms with E-state index in [1.165, 1.54) is 0 Å². The molecule has 2 N–H and O–H groups in total. The third-order valence-corrected chi connectivity index (χ3v) is 5.62. The molecule has 30 heavy (non-hydrogen) atoms. The van der Waals surface area contributed by atoms with E-state index in [4.69, 9.17) is 10.5 Å². The lowest BCUT2D eigenvalue weighted by Gasteiger charge is -2.07. The average molecular weight is 464 g/mol. The molecule has 9 heteroatoms. The van der Waals surface area contributed by atoms with Crippen LogP contribution in [0.3, 0.4) is 0 Å². The number of rotatable bonds is 3. The summed E-state index contributed by atoms with van der Waals surface area (Å²) in [6, 6.07) is 7.97. The number of fused-ring (bicyclic) bond motifs is 2. The molecule has 1 aromatic carbocycles. The second-order valence-corrected chi connectivity index (χ2v) is 8.00. The number of benzene rings is 1. The number of anilines is 1. The van der Waals surface area contributed by atoms with E-state index in [9.17, 15) is 0 Å². The Bertz CT molecular complexity index is 1440. The second kappa shape index (κ2) is 6.81. The number of hydrogen-bond donors (Lipinski definition) is 1. The molecule has 0 fully saturated rings. The maximum absolute atomic E-state index is 5.95. The molecular formula is C21H18BrN7O. The number of pyridine rings is 1. The van der Waals surface area contributed by atoms with Crippen molar-refractivity contribution in [1.29, 1.82) is 0 Å². The number of hydrogen-bond acceptors (Lipinski definition) is 6. The van der Waals surface area contributed by atoms with E-state index in [0.29, 0.717) is 11.4 Å². The molecule has 0 aliphatic carbocycles. The van der Waals surface area contributed by atoms with Gasteiger partial charge >= 0.3 is 0 Å². The first-order valence-electron chi connectivity index (χ1n) is 9.21. The summed E-state index contributed by atoms with van der Waals surface area (Å²) >= 11 is 3.51. The van der Waals surface area contributed by atoms with Crippen LogP contribution in [0.4, 0.5) is 5.95 Å². The van der Waals surface area contributed by atoms with Crippen LogP contribution in [0, 0.1) is 0 Å². The Hall–Kier alpha value is -3.46. The van der Waals surface area contributed by atoms with Gasteiger partial charge in [-0.25, -0.2) is 9.97 Å². The molecule has 0 radical (unpaired) electrons. The zero-order valence-electron chi connectivity index (χ0n) is 16.6. The predicted molar refractivity (Wildman–Crippen MR) is 120 cm³/mol. The number of nitrogens with zero attached hydrogens (tertiary/aromatic N) is 6. The standard InChI is InChI=1S/C21H18BrN7O/c1-28-9-15(13-7-12(30-3)4-5-17(13)28)18-19(26-27-21(23)25-18)16-10-29(2)20-14(16)6-11(22)8-24-20/h4-10H,1-3H3,(H2,23,25,27). The third-order valence-electron chi connectivity index (χ3n) is 5.19. The van der Waals surface area contributed by atoms with E-state index in [1.807, 2.05) is 59.9 Å². The van der Waals surface area contributed by atoms with Gasteiger partial charge in [-0.2, -0.15) is 0 Å². The first-order chi connectivity index (χ1) is 14.5. The van der Waals surface area contributed by atoms with Crippen molar-refractivity contribution in [2.24, 2.45) is 14.1 Å². The van der Waals surface area contributed by atoms with E-state index in [-0.39, 0.29) is 5.95 Å². The fourth-order valence-corrected chi connectivity index (χ4v) is 4.15. The Labute approximate surface area is 180 Å². The van der Waals surface area contributed by atoms with Crippen molar-refractivity contribution in [1.82, 2.24) is 29.3 Å². The number of ether oxygens (including phenoxy) is 1. The Morgan fingerprint density at radius 1 is 0.967 bits per heavy atom. The lowest BCUT2D eigenvalue weighted by Crippen LogP contribution is -2.02. The molecule has 4 aromatic heterocycles. The lowest BCUT2D eigenvalue weighted by atomic mass is 10.0. The number of methoxy groups -OCH3 is 1. The highest BCUT2D eigenvalue weighted by Crippen LogP contribution is 2.39. The van der Waals surface area contributed by atoms with E-state index >= 15 is 0 Å². The van der Waals surface area contributed by atoms with Gasteiger partial charge in [0.25, 0.3) is 0 Å². The number of halogens is 1. The Morgan fingerprint density at radius 3 is 2.53 bits per heavy atom. The van der Waals surface area contributed by atoms with Gasteiger partial charge in [0.1, 0.15) is 22.8 Å². The van der Waals surface area contributed by atoms with Crippen molar-refractivity contribution < 1.29 is 4.74 Å². The van der Waals surface area contributed by atoms with Crippen LogP contribution in [0.5, 0.6) is 5.75 Å². The van der Waals surface area contributed by atoms with Gasteiger partial charge in [-0.05, 0) is 40.2 Å². The summed E-state index contributed by atoms with van der Waals surface area (Å²) in [7, 11) is 5.60. The molecule has 0 saturated carbocycles. The zero-order valence-corrected chi connectivity index (χ0v) is 18.2. The van der Waals surface area contributed by atoms with Crippen LogP contribution in [0.2, 0.25) is 0 Å². The summed E-state index contributed by atoms with van der Waals surface area (Å²) < 4.78 is 10.3. The highest BCUT2D eigenvalue weighted by atomic mass is 79.9. The minimum absolute atomic E-state index is 0.119. The Kier molecular flexibility index (Phi) is 4.21. The first-order valence-corrected chi connectivity index (χ1v) is 10.00. The SMILES string of the molecule is COc1ccc2c(c1)c(-c1nc(N)nnc1-c1cn(C)c3ncc(Br)cc13)cn2C. The maximum atomic E-state index is 5.95. The minimum Gasteiger partial charge on any atom is -0.497 e. The molecule has 0 bridgehead atoms. The Balaban J connectivity index is 1.84. The van der Waals surface area contributed by atoms with Crippen LogP contribution in [0.25, 0.3) is 44.5 Å². The van der Waals surface area contributed by atoms with Crippen molar-refractivity contribution in [2.45, 2.75) is 0 Å². The molecule has 5 rings (SSSR count). The second-order valence-electron chi connectivity index (χ2n) is 7.08. The lowest BCUT2D eigenvalue weighted by molar-refractivity contribution is 0.415. The van der Waals surface area contributed by atoms with Crippen molar-refractivity contribution in [3.05, 3.63) is 47.3 Å². The number of aromatic nitrogens is 6. The molecular weight excluding hydrogens is 446 g/mol. The fourth-order valence-electron chi connectivity index (χ4n) is 3.82. The third kappa shape index (κ3) is 2.81. The fraction of sp³-hybridized carbons (Fsp3) is 0.143. The molecule has 0 amide bonds. The molecule has 0 aliphatic rings. The summed E-state index contributed by atoms with van der Waals surface area (Å²) in [4.78, 5) is 9.11. The number of nitrogen functional groups attached to an aromatic ring is 1. The van der Waals surface area contributed by atoms with Gasteiger partial charge in [0.05, 0.1) is 7.11 Å². The van der Waals surface area contributed by atoms with E-state index in [2.05, 4.69) is 36.1 Å². The molecule has 8 nitrogen and oxygen atoms in total. The highest BCUT2D eigenvalue weighted by Gasteiger charge is 2.21. The Morgan fingerprint density at radius 2 is 1.73 bits per heavy atom. The normalized spacial score (nSPS) is 11.5. The molecule has 0 spiro atoms. The van der Waals surface area contributed by atoms with Gasteiger partial charge in [-0.3, -0.25) is 0 Å². The highest BCUT2D eigenvalue weighted by molar-refractivity contribution is 9.10. The van der Waals surface area contributed by atoms with Crippen molar-refractivity contribution in [2.75, 3.05) is 12.8 Å². The van der Waals surface area contributed by atoms with Crippen LogP contribution in [-0.4, -0.2) is 36.4 Å². The van der Waals surface area contributed by atoms with Crippen LogP contribution >= 0.6 is 15.9 Å². The topological polar surface area (TPSA) is 96.7 Å². The van der Waals surface area contributed by atoms with Gasteiger partial charge < -0.3 is 19.6 Å². The molecule has 150 valence electrons. The monoisotopic (exact) mass is 463 g/mol. The van der Waals surface area contributed by atoms with Gasteiger partial charge in [0.2, 0.25) is 5.95 Å². The summed E-state index contributed by atoms with van der Waals surface area (Å²) in [5, 5.41) is 10.4. The average Bonchev–Trinajstić information content (AvgIpc) is 3.24. The zero-order chi connectivity index (χ0) is 21.0. The quantitative estimate of drug-likeness (QED) is 0.435. The largest absolute Gasteiger partial charge is 0.497 e. The summed E-state index contributed by atoms with van der Waals surface area (Å²) in [5.41, 5.74) is 10.9. The van der Waals surface area contributed by atoms with Crippen LogP contribution in [-0.2, 0) is 14.1 Å². The van der Waals surface area contributed by atoms with E-state index in [1.54, 1.807) is 13.3 Å². The van der Waals surface area contributed by atoms with Gasteiger partial charge in [-0.15, -0.1) is 10.2 Å². The molecule has 0 atom stereocenters. The molecule has 0 saturated heterocycles. The number of aryl methyl sites for hydroxylation is 2. The summed E-state index contributed by atoms with van der Waals surface area (Å²) in [6.07, 6.45) is 5.79. The maximum Gasteiger partial charge on any atom is 0.240 e. The molecule has 4 heterocycles. The van der Waals surface area contributed by atoms with E-state index < -0.39 is 0 Å². The molecule has 0 unspecified atom stereocenters.